The number of hydrogen-bond acceptors (Lipinski definition) is 6. The van der Waals surface area contributed by atoms with E-state index in [0.717, 1.165) is 12.3 Å². The molecular formula is C10H7ClN4O4. The molecule has 0 aliphatic heterocycles. The fourth-order valence-corrected chi connectivity index (χ4v) is 1.52. The van der Waals surface area contributed by atoms with E-state index in [-0.39, 0.29) is 16.5 Å². The number of nitro groups is 1. The minimum Gasteiger partial charge on any atom is -0.360 e. The molecule has 0 atom stereocenters. The Balaban J connectivity index is 2.32. The summed E-state index contributed by atoms with van der Waals surface area (Å²) in [5, 5.41) is 16.7. The maximum absolute atomic E-state index is 11.9. The summed E-state index contributed by atoms with van der Waals surface area (Å²) in [7, 11) is 0. The predicted molar refractivity (Wildman–Crippen MR) is 65.1 cm³/mol. The van der Waals surface area contributed by atoms with Crippen LogP contribution in [-0.2, 0) is 0 Å². The molecule has 2 aromatic heterocycles. The second-order valence-electron chi connectivity index (χ2n) is 3.56. The van der Waals surface area contributed by atoms with Crippen LogP contribution < -0.4 is 5.32 Å². The molecule has 0 unspecified atom stereocenters. The second-order valence-corrected chi connectivity index (χ2v) is 3.95. The zero-order valence-corrected chi connectivity index (χ0v) is 10.3. The van der Waals surface area contributed by atoms with Gasteiger partial charge in [-0.25, -0.2) is 4.98 Å². The molecule has 9 heteroatoms. The van der Waals surface area contributed by atoms with Crippen molar-refractivity contribution in [3.05, 3.63) is 44.9 Å². The van der Waals surface area contributed by atoms with E-state index in [1.807, 2.05) is 0 Å². The SMILES string of the molecule is Cc1cc(NC(=O)c2cc(Cl)ncc2[N+](=O)[O-])no1. The highest BCUT2D eigenvalue weighted by molar-refractivity contribution is 6.30. The number of nitrogens with one attached hydrogen (secondary N) is 1. The molecule has 0 aliphatic rings. The van der Waals surface area contributed by atoms with Crippen molar-refractivity contribution in [3.8, 4) is 0 Å². The van der Waals surface area contributed by atoms with Crippen molar-refractivity contribution < 1.29 is 14.2 Å². The highest BCUT2D eigenvalue weighted by atomic mass is 35.5. The lowest BCUT2D eigenvalue weighted by molar-refractivity contribution is -0.385. The molecule has 0 spiro atoms. The molecule has 0 aromatic carbocycles. The van der Waals surface area contributed by atoms with Gasteiger partial charge in [0, 0.05) is 6.07 Å². The van der Waals surface area contributed by atoms with Gasteiger partial charge in [-0.3, -0.25) is 14.9 Å². The van der Waals surface area contributed by atoms with Gasteiger partial charge < -0.3 is 9.84 Å². The lowest BCUT2D eigenvalue weighted by Crippen LogP contribution is -2.14. The first kappa shape index (κ1) is 13.0. The van der Waals surface area contributed by atoms with Crippen LogP contribution in [0.5, 0.6) is 0 Å². The molecule has 2 heterocycles. The Morgan fingerprint density at radius 2 is 2.26 bits per heavy atom. The summed E-state index contributed by atoms with van der Waals surface area (Å²) in [4.78, 5) is 25.6. The van der Waals surface area contributed by atoms with Crippen LogP contribution >= 0.6 is 11.6 Å². The lowest BCUT2D eigenvalue weighted by atomic mass is 10.2. The Kier molecular flexibility index (Phi) is 3.43. The first-order valence-corrected chi connectivity index (χ1v) is 5.40. The summed E-state index contributed by atoms with van der Waals surface area (Å²) in [5.74, 6) is -0.0633. The number of pyridine rings is 1. The number of amides is 1. The molecule has 0 bridgehead atoms. The Bertz CT molecular complexity index is 655. The van der Waals surface area contributed by atoms with Crippen molar-refractivity contribution in [1.82, 2.24) is 10.1 Å². The van der Waals surface area contributed by atoms with Crippen LogP contribution in [0.2, 0.25) is 5.15 Å². The molecule has 98 valence electrons. The van der Waals surface area contributed by atoms with Crippen molar-refractivity contribution in [2.24, 2.45) is 0 Å². The van der Waals surface area contributed by atoms with Gasteiger partial charge in [0.2, 0.25) is 0 Å². The topological polar surface area (TPSA) is 111 Å². The lowest BCUT2D eigenvalue weighted by Gasteiger charge is -2.02. The summed E-state index contributed by atoms with van der Waals surface area (Å²) in [6, 6.07) is 2.59. The molecule has 1 N–H and O–H groups in total. The predicted octanol–water partition coefficient (Wildman–Crippen LogP) is 2.19. The van der Waals surface area contributed by atoms with Gasteiger partial charge in [0.25, 0.3) is 11.6 Å². The fourth-order valence-electron chi connectivity index (χ4n) is 1.36. The van der Waals surface area contributed by atoms with Crippen LogP contribution in [0, 0.1) is 17.0 Å². The van der Waals surface area contributed by atoms with Crippen molar-refractivity contribution in [3.63, 3.8) is 0 Å². The number of carbonyl (C=O) groups is 1. The quantitative estimate of drug-likeness (QED) is 0.525. The van der Waals surface area contributed by atoms with E-state index in [1.54, 1.807) is 6.92 Å². The third-order valence-electron chi connectivity index (χ3n) is 2.16. The van der Waals surface area contributed by atoms with Crippen LogP contribution in [0.3, 0.4) is 0 Å². The van der Waals surface area contributed by atoms with Gasteiger partial charge in [0.15, 0.2) is 5.82 Å². The van der Waals surface area contributed by atoms with Gasteiger partial charge in [0.1, 0.15) is 22.7 Å². The van der Waals surface area contributed by atoms with E-state index in [9.17, 15) is 14.9 Å². The summed E-state index contributed by atoms with van der Waals surface area (Å²) in [5.41, 5.74) is -0.646. The van der Waals surface area contributed by atoms with Gasteiger partial charge in [-0.2, -0.15) is 0 Å². The maximum atomic E-state index is 11.9. The molecule has 0 saturated carbocycles. The van der Waals surface area contributed by atoms with Crippen molar-refractivity contribution >= 4 is 29.0 Å². The summed E-state index contributed by atoms with van der Waals surface area (Å²) < 4.78 is 4.77. The Labute approximate surface area is 111 Å². The van der Waals surface area contributed by atoms with Crippen molar-refractivity contribution in [2.45, 2.75) is 6.92 Å². The minimum atomic E-state index is -0.718. The number of halogens is 1. The number of anilines is 1. The zero-order valence-electron chi connectivity index (χ0n) is 9.58. The molecule has 2 aromatic rings. The van der Waals surface area contributed by atoms with Crippen molar-refractivity contribution in [2.75, 3.05) is 5.32 Å². The molecule has 8 nitrogen and oxygen atoms in total. The molecule has 0 saturated heterocycles. The van der Waals surface area contributed by atoms with E-state index < -0.39 is 16.5 Å². The normalized spacial score (nSPS) is 10.2. The van der Waals surface area contributed by atoms with E-state index in [1.165, 1.54) is 6.07 Å². The van der Waals surface area contributed by atoms with E-state index in [0.29, 0.717) is 5.76 Å². The first-order valence-electron chi connectivity index (χ1n) is 5.02. The highest BCUT2D eigenvalue weighted by Crippen LogP contribution is 2.21. The summed E-state index contributed by atoms with van der Waals surface area (Å²) in [6.07, 6.45) is 0.922. The molecule has 0 radical (unpaired) electrons. The fraction of sp³-hybridized carbons (Fsp3) is 0.100. The number of nitrogens with zero attached hydrogens (tertiary/aromatic N) is 3. The molecule has 2 rings (SSSR count). The number of rotatable bonds is 3. The van der Waals surface area contributed by atoms with E-state index >= 15 is 0 Å². The Hall–Kier alpha value is -2.48. The second kappa shape index (κ2) is 5.02. The average Bonchev–Trinajstić information content (AvgIpc) is 2.74. The molecular weight excluding hydrogens is 276 g/mol. The van der Waals surface area contributed by atoms with E-state index in [4.69, 9.17) is 16.1 Å². The Morgan fingerprint density at radius 1 is 1.53 bits per heavy atom. The van der Waals surface area contributed by atoms with Gasteiger partial charge >= 0.3 is 0 Å². The third-order valence-corrected chi connectivity index (χ3v) is 2.37. The number of hydrogen-bond donors (Lipinski definition) is 1. The minimum absolute atomic E-state index is 0.0212. The van der Waals surface area contributed by atoms with Gasteiger partial charge in [-0.1, -0.05) is 16.8 Å². The molecule has 0 fully saturated rings. The van der Waals surface area contributed by atoms with Gasteiger partial charge in [-0.15, -0.1) is 0 Å². The van der Waals surface area contributed by atoms with Crippen molar-refractivity contribution in [1.29, 1.82) is 0 Å². The average molecular weight is 283 g/mol. The molecule has 0 aliphatic carbocycles. The van der Waals surface area contributed by atoms with Gasteiger partial charge in [-0.05, 0) is 13.0 Å². The van der Waals surface area contributed by atoms with Crippen LogP contribution in [0.25, 0.3) is 0 Å². The molecule has 1 amide bonds. The standard InChI is InChI=1S/C10H7ClN4O4/c1-5-2-9(14-19-5)13-10(16)6-3-8(11)12-4-7(6)15(17)18/h2-4H,1H3,(H,13,14,16). The smallest absolute Gasteiger partial charge is 0.300 e. The van der Waals surface area contributed by atoms with E-state index in [2.05, 4.69) is 15.5 Å². The largest absolute Gasteiger partial charge is 0.360 e. The third kappa shape index (κ3) is 2.86. The zero-order chi connectivity index (χ0) is 14.0. The van der Waals surface area contributed by atoms with Gasteiger partial charge in [0.05, 0.1) is 4.92 Å². The number of aromatic nitrogens is 2. The highest BCUT2D eigenvalue weighted by Gasteiger charge is 2.22. The van der Waals surface area contributed by atoms with Crippen LogP contribution in [-0.4, -0.2) is 21.0 Å². The number of aryl methyl sites for hydroxylation is 1. The number of carbonyl (C=O) groups excluding carboxylic acids is 1. The van der Waals surface area contributed by atoms with Crippen LogP contribution in [0.1, 0.15) is 16.1 Å². The summed E-state index contributed by atoms with van der Waals surface area (Å²) in [6.45, 7) is 1.65. The maximum Gasteiger partial charge on any atom is 0.300 e. The Morgan fingerprint density at radius 3 is 2.84 bits per heavy atom. The molecule has 19 heavy (non-hydrogen) atoms. The first-order chi connectivity index (χ1) is 8.97. The summed E-state index contributed by atoms with van der Waals surface area (Å²) >= 11 is 5.62. The van der Waals surface area contributed by atoms with Crippen LogP contribution in [0.15, 0.2) is 22.9 Å². The van der Waals surface area contributed by atoms with Crippen LogP contribution in [0.4, 0.5) is 11.5 Å². The monoisotopic (exact) mass is 282 g/mol.